The van der Waals surface area contributed by atoms with E-state index in [9.17, 15) is 8.78 Å². The van der Waals surface area contributed by atoms with Gasteiger partial charge in [-0.1, -0.05) is 6.07 Å². The van der Waals surface area contributed by atoms with Crippen LogP contribution >= 0.6 is 0 Å². The van der Waals surface area contributed by atoms with Gasteiger partial charge in [0.2, 0.25) is 0 Å². The lowest BCUT2D eigenvalue weighted by Gasteiger charge is -2.27. The van der Waals surface area contributed by atoms with E-state index >= 15 is 0 Å². The standard InChI is InChI=1S/C15H25F2N3O2/c1-15(2,8-5-9-22-18-3)20-19-12-6-4-7-13(10-12)21-11-14(16)17/h4,6-7,10,14,18-20H,5,8-9,11H2,1-3H3. The molecule has 7 heteroatoms. The molecule has 0 heterocycles. The first-order valence-electron chi connectivity index (χ1n) is 7.26. The number of hydrazine groups is 1. The van der Waals surface area contributed by atoms with Gasteiger partial charge in [-0.3, -0.25) is 0 Å². The number of benzene rings is 1. The predicted molar refractivity (Wildman–Crippen MR) is 83.0 cm³/mol. The third-order valence-corrected chi connectivity index (χ3v) is 2.95. The fourth-order valence-corrected chi connectivity index (χ4v) is 1.82. The molecule has 1 aromatic carbocycles. The molecule has 0 radical (unpaired) electrons. The van der Waals surface area contributed by atoms with Gasteiger partial charge in [-0.05, 0) is 38.8 Å². The van der Waals surface area contributed by atoms with E-state index < -0.39 is 13.0 Å². The van der Waals surface area contributed by atoms with Gasteiger partial charge < -0.3 is 15.0 Å². The van der Waals surface area contributed by atoms with Crippen molar-refractivity contribution >= 4 is 5.69 Å². The Balaban J connectivity index is 2.40. The average Bonchev–Trinajstić information content (AvgIpc) is 2.48. The van der Waals surface area contributed by atoms with Gasteiger partial charge >= 0.3 is 0 Å². The molecule has 0 fully saturated rings. The summed E-state index contributed by atoms with van der Waals surface area (Å²) in [5.74, 6) is 0.410. The van der Waals surface area contributed by atoms with Crippen molar-refractivity contribution in [1.29, 1.82) is 0 Å². The van der Waals surface area contributed by atoms with Crippen LogP contribution in [0.2, 0.25) is 0 Å². The van der Waals surface area contributed by atoms with Gasteiger partial charge in [-0.25, -0.2) is 19.7 Å². The zero-order chi connectivity index (χ0) is 16.4. The number of anilines is 1. The van der Waals surface area contributed by atoms with E-state index in [-0.39, 0.29) is 5.54 Å². The van der Waals surface area contributed by atoms with Crippen LogP contribution in [0.15, 0.2) is 24.3 Å². The maximum atomic E-state index is 12.1. The quantitative estimate of drug-likeness (QED) is 0.433. The van der Waals surface area contributed by atoms with E-state index in [4.69, 9.17) is 9.57 Å². The number of alkyl halides is 2. The molecule has 3 N–H and O–H groups in total. The molecule has 5 nitrogen and oxygen atoms in total. The van der Waals surface area contributed by atoms with Crippen molar-refractivity contribution in [3.05, 3.63) is 24.3 Å². The number of halogens is 2. The summed E-state index contributed by atoms with van der Waals surface area (Å²) in [7, 11) is 1.73. The lowest BCUT2D eigenvalue weighted by molar-refractivity contribution is 0.0522. The molecule has 1 aromatic rings. The van der Waals surface area contributed by atoms with Crippen LogP contribution in [0, 0.1) is 0 Å². The van der Waals surface area contributed by atoms with Crippen molar-refractivity contribution in [2.45, 2.75) is 38.7 Å². The van der Waals surface area contributed by atoms with Gasteiger partial charge in [-0.2, -0.15) is 0 Å². The second-order valence-corrected chi connectivity index (χ2v) is 5.52. The summed E-state index contributed by atoms with van der Waals surface area (Å²) in [5, 5.41) is 0. The molecule has 126 valence electrons. The monoisotopic (exact) mass is 317 g/mol. The maximum Gasteiger partial charge on any atom is 0.272 e. The van der Waals surface area contributed by atoms with Gasteiger partial charge in [0.05, 0.1) is 12.3 Å². The minimum atomic E-state index is -2.48. The Bertz CT molecular complexity index is 431. The van der Waals surface area contributed by atoms with Crippen LogP contribution in [0.1, 0.15) is 26.7 Å². The van der Waals surface area contributed by atoms with Crippen LogP contribution in [-0.4, -0.2) is 32.2 Å². The number of hydroxylamine groups is 1. The van der Waals surface area contributed by atoms with Crippen molar-refractivity contribution in [3.8, 4) is 5.75 Å². The summed E-state index contributed by atoms with van der Waals surface area (Å²) in [6, 6.07) is 6.91. The molecule has 0 spiro atoms. The Kier molecular flexibility index (Phi) is 8.08. The highest BCUT2D eigenvalue weighted by molar-refractivity contribution is 5.47. The first-order chi connectivity index (χ1) is 10.4. The molecule has 0 bridgehead atoms. The predicted octanol–water partition coefficient (Wildman–Crippen LogP) is 2.96. The molecular weight excluding hydrogens is 292 g/mol. The van der Waals surface area contributed by atoms with Crippen LogP contribution in [-0.2, 0) is 4.84 Å². The van der Waals surface area contributed by atoms with Crippen molar-refractivity contribution in [1.82, 2.24) is 10.9 Å². The zero-order valence-electron chi connectivity index (χ0n) is 13.3. The average molecular weight is 317 g/mol. The Morgan fingerprint density at radius 1 is 1.27 bits per heavy atom. The molecule has 0 atom stereocenters. The topological polar surface area (TPSA) is 54.5 Å². The van der Waals surface area contributed by atoms with Crippen molar-refractivity contribution < 1.29 is 18.4 Å². The van der Waals surface area contributed by atoms with Gasteiger partial charge in [-0.15, -0.1) is 0 Å². The van der Waals surface area contributed by atoms with Gasteiger partial charge in [0.15, 0.2) is 0 Å². The van der Waals surface area contributed by atoms with Crippen LogP contribution in [0.5, 0.6) is 5.75 Å². The fraction of sp³-hybridized carbons (Fsp3) is 0.600. The zero-order valence-corrected chi connectivity index (χ0v) is 13.3. The first kappa shape index (κ1) is 18.6. The Morgan fingerprint density at radius 3 is 2.73 bits per heavy atom. The van der Waals surface area contributed by atoms with Crippen molar-refractivity contribution in [2.75, 3.05) is 25.7 Å². The molecule has 0 unspecified atom stereocenters. The van der Waals surface area contributed by atoms with Crippen LogP contribution < -0.4 is 21.1 Å². The Morgan fingerprint density at radius 2 is 2.05 bits per heavy atom. The van der Waals surface area contributed by atoms with E-state index in [0.29, 0.717) is 12.4 Å². The van der Waals surface area contributed by atoms with E-state index in [2.05, 4.69) is 30.2 Å². The minimum Gasteiger partial charge on any atom is -0.488 e. The summed E-state index contributed by atoms with van der Waals surface area (Å²) < 4.78 is 29.3. The molecule has 0 aliphatic heterocycles. The van der Waals surface area contributed by atoms with E-state index in [1.165, 1.54) is 0 Å². The second-order valence-electron chi connectivity index (χ2n) is 5.52. The summed E-state index contributed by atoms with van der Waals surface area (Å²) in [6.07, 6.45) is -0.669. The molecule has 22 heavy (non-hydrogen) atoms. The van der Waals surface area contributed by atoms with Gasteiger partial charge in [0, 0.05) is 18.7 Å². The third-order valence-electron chi connectivity index (χ3n) is 2.95. The summed E-state index contributed by atoms with van der Waals surface area (Å²) in [5.41, 5.74) is 9.54. The van der Waals surface area contributed by atoms with Crippen molar-refractivity contribution in [3.63, 3.8) is 0 Å². The molecule has 0 aliphatic carbocycles. The van der Waals surface area contributed by atoms with E-state index in [1.54, 1.807) is 25.2 Å². The summed E-state index contributed by atoms with van der Waals surface area (Å²) in [4.78, 5) is 5.08. The Labute approximate surface area is 130 Å². The van der Waals surface area contributed by atoms with E-state index in [1.807, 2.05) is 6.07 Å². The summed E-state index contributed by atoms with van der Waals surface area (Å²) in [6.45, 7) is 4.17. The van der Waals surface area contributed by atoms with E-state index in [0.717, 1.165) is 18.5 Å². The first-order valence-corrected chi connectivity index (χ1v) is 7.26. The highest BCUT2D eigenvalue weighted by Crippen LogP contribution is 2.18. The van der Waals surface area contributed by atoms with Crippen LogP contribution in [0.25, 0.3) is 0 Å². The van der Waals surface area contributed by atoms with Gasteiger partial charge in [0.25, 0.3) is 6.43 Å². The van der Waals surface area contributed by atoms with Crippen LogP contribution in [0.4, 0.5) is 14.5 Å². The number of nitrogens with one attached hydrogen (secondary N) is 3. The highest BCUT2D eigenvalue weighted by atomic mass is 19.3. The molecule has 0 aromatic heterocycles. The molecule has 0 saturated carbocycles. The smallest absolute Gasteiger partial charge is 0.272 e. The third kappa shape index (κ3) is 8.11. The van der Waals surface area contributed by atoms with Crippen molar-refractivity contribution in [2.24, 2.45) is 0 Å². The lowest BCUT2D eigenvalue weighted by Crippen LogP contribution is -2.43. The Hall–Kier alpha value is -1.44. The SMILES string of the molecule is CNOCCCC(C)(C)NNc1cccc(OCC(F)F)c1. The highest BCUT2D eigenvalue weighted by Gasteiger charge is 2.16. The number of hydrogen-bond acceptors (Lipinski definition) is 5. The summed E-state index contributed by atoms with van der Waals surface area (Å²) >= 11 is 0. The second kappa shape index (κ2) is 9.55. The number of ether oxygens (including phenoxy) is 1. The normalized spacial score (nSPS) is 11.7. The fourth-order valence-electron chi connectivity index (χ4n) is 1.82. The molecular formula is C15H25F2N3O2. The lowest BCUT2D eigenvalue weighted by atomic mass is 10.00. The molecule has 0 saturated heterocycles. The minimum absolute atomic E-state index is 0.142. The molecule has 0 aliphatic rings. The molecule has 0 amide bonds. The largest absolute Gasteiger partial charge is 0.488 e. The number of hydrogen-bond donors (Lipinski definition) is 3. The number of rotatable bonds is 11. The molecule has 1 rings (SSSR count). The maximum absolute atomic E-state index is 12.1. The van der Waals surface area contributed by atoms with Gasteiger partial charge in [0.1, 0.15) is 12.4 Å². The van der Waals surface area contributed by atoms with Crippen LogP contribution in [0.3, 0.4) is 0 Å².